The molecule has 0 spiro atoms. The van der Waals surface area contributed by atoms with Gasteiger partial charge >= 0.3 is 0 Å². The molecule has 148 valence electrons. The maximum atomic E-state index is 14.3. The summed E-state index contributed by atoms with van der Waals surface area (Å²) in [5.41, 5.74) is 0.646. The highest BCUT2D eigenvalue weighted by Crippen LogP contribution is 2.32. The molecule has 1 saturated carbocycles. The third-order valence-electron chi connectivity index (χ3n) is 4.66. The van der Waals surface area contributed by atoms with E-state index in [2.05, 4.69) is 20.3 Å². The van der Waals surface area contributed by atoms with Gasteiger partial charge in [-0.3, -0.25) is 0 Å². The largest absolute Gasteiger partial charge is 0.384 e. The molecule has 1 aliphatic rings. The predicted octanol–water partition coefficient (Wildman–Crippen LogP) is 6.17. The van der Waals surface area contributed by atoms with Crippen LogP contribution < -0.4 is 15.4 Å². The van der Waals surface area contributed by atoms with Gasteiger partial charge in [0.25, 0.3) is 0 Å². The minimum atomic E-state index is -0.296. The average molecular weight is 429 g/mol. The average Bonchev–Trinajstić information content (AvgIpc) is 3.20. The number of hydrogen-bond donors (Lipinski definition) is 3. The predicted molar refractivity (Wildman–Crippen MR) is 116 cm³/mol. The van der Waals surface area contributed by atoms with Crippen molar-refractivity contribution in [2.45, 2.75) is 55.9 Å². The Bertz CT molecular complexity index is 693. The molecule has 0 saturated heterocycles. The Kier molecular flexibility index (Phi) is 8.51. The molecule has 4 nitrogen and oxygen atoms in total. The van der Waals surface area contributed by atoms with Crippen molar-refractivity contribution in [3.05, 3.63) is 34.5 Å². The monoisotopic (exact) mass is 428 g/mol. The molecule has 0 bridgehead atoms. The lowest BCUT2D eigenvalue weighted by molar-refractivity contribution is 0.371. The summed E-state index contributed by atoms with van der Waals surface area (Å²) in [6.07, 6.45) is 10.6. The maximum absolute atomic E-state index is 14.3. The molecule has 0 atom stereocenters. The van der Waals surface area contributed by atoms with Crippen LogP contribution >= 0.6 is 34.9 Å². The van der Waals surface area contributed by atoms with Crippen LogP contribution in [0.25, 0.3) is 0 Å². The summed E-state index contributed by atoms with van der Waals surface area (Å²) >= 11 is 8.95. The number of rotatable bonds is 10. The smallest absolute Gasteiger partial charge is 0.192 e. The van der Waals surface area contributed by atoms with Gasteiger partial charge in [-0.25, -0.2) is 9.37 Å². The van der Waals surface area contributed by atoms with Crippen molar-refractivity contribution in [2.24, 2.45) is 0 Å². The van der Waals surface area contributed by atoms with Crippen LogP contribution in [0, 0.1) is 5.82 Å². The number of unbranched alkanes of at least 4 members (excludes halogenated alkanes) is 1. The number of thiazole rings is 1. The molecular weight excluding hydrogens is 403 g/mol. The van der Waals surface area contributed by atoms with Crippen molar-refractivity contribution >= 4 is 45.7 Å². The van der Waals surface area contributed by atoms with Gasteiger partial charge in [0.1, 0.15) is 5.82 Å². The summed E-state index contributed by atoms with van der Waals surface area (Å²) in [5, 5.41) is 10.0. The van der Waals surface area contributed by atoms with Gasteiger partial charge in [-0.15, -0.1) is 11.3 Å². The van der Waals surface area contributed by atoms with Crippen molar-refractivity contribution < 1.29 is 4.39 Å². The van der Waals surface area contributed by atoms with E-state index >= 15 is 0 Å². The second-order valence-electron chi connectivity index (χ2n) is 6.73. The molecular formula is C19H26ClFN4S2. The Hall–Kier alpha value is -1.02. The summed E-state index contributed by atoms with van der Waals surface area (Å²) in [5.74, 6) is -0.296. The number of anilines is 2. The summed E-state index contributed by atoms with van der Waals surface area (Å²) in [6, 6.07) is 3.82. The fraction of sp³-hybridized carbons (Fsp3) is 0.526. The highest BCUT2D eigenvalue weighted by Gasteiger charge is 2.12. The maximum Gasteiger partial charge on any atom is 0.192 e. The summed E-state index contributed by atoms with van der Waals surface area (Å²) < 4.78 is 17.3. The molecule has 1 aromatic heterocycles. The molecule has 1 aliphatic carbocycles. The number of halogens is 2. The molecule has 8 heteroatoms. The Labute approximate surface area is 173 Å². The third-order valence-corrected chi connectivity index (χ3v) is 6.62. The first-order valence-electron chi connectivity index (χ1n) is 9.51. The molecule has 0 radical (unpaired) electrons. The first-order valence-corrected chi connectivity index (χ1v) is 11.6. The highest BCUT2D eigenvalue weighted by molar-refractivity contribution is 8.00. The molecule has 27 heavy (non-hydrogen) atoms. The van der Waals surface area contributed by atoms with Crippen LogP contribution in [-0.2, 0) is 0 Å². The molecule has 1 heterocycles. The first kappa shape index (κ1) is 20.7. The van der Waals surface area contributed by atoms with E-state index in [0.717, 1.165) is 31.1 Å². The second kappa shape index (κ2) is 11.1. The zero-order valence-corrected chi connectivity index (χ0v) is 17.7. The number of nitrogens with zero attached hydrogens (tertiary/aromatic N) is 1. The molecule has 3 N–H and O–H groups in total. The van der Waals surface area contributed by atoms with Crippen LogP contribution in [0.2, 0.25) is 5.02 Å². The Morgan fingerprint density at radius 1 is 1.19 bits per heavy atom. The van der Waals surface area contributed by atoms with Crippen LogP contribution in [-0.4, -0.2) is 24.1 Å². The lowest BCUT2D eigenvalue weighted by atomic mass is 9.95. The quantitative estimate of drug-likeness (QED) is 0.312. The fourth-order valence-electron chi connectivity index (χ4n) is 3.20. The second-order valence-corrected chi connectivity index (χ2v) is 8.88. The van der Waals surface area contributed by atoms with Gasteiger partial charge in [0.05, 0.1) is 15.6 Å². The van der Waals surface area contributed by atoms with Crippen molar-refractivity contribution in [1.82, 2.24) is 10.3 Å². The SMILES string of the molecule is Fc1cc(NCCCCNC2CCCCC2)c(Cl)cc1SNc1nccs1. The van der Waals surface area contributed by atoms with E-state index in [-0.39, 0.29) is 5.82 Å². The number of nitrogens with one attached hydrogen (secondary N) is 3. The van der Waals surface area contributed by atoms with E-state index in [1.165, 1.54) is 61.5 Å². The van der Waals surface area contributed by atoms with Crippen LogP contribution in [0.3, 0.4) is 0 Å². The molecule has 2 aromatic rings. The van der Waals surface area contributed by atoms with E-state index < -0.39 is 0 Å². The zero-order valence-electron chi connectivity index (χ0n) is 15.3. The van der Waals surface area contributed by atoms with Crippen LogP contribution in [0.15, 0.2) is 28.6 Å². The Morgan fingerprint density at radius 3 is 2.78 bits per heavy atom. The Morgan fingerprint density at radius 2 is 2.00 bits per heavy atom. The third kappa shape index (κ3) is 6.82. The standard InChI is InChI=1S/C19H26ClFN4S2/c20-15-12-18(27-25-19-24-10-11-26-19)16(21)13-17(15)23-9-5-4-8-22-14-6-2-1-3-7-14/h10-14,22-23H,1-9H2,(H,24,25). The van der Waals surface area contributed by atoms with Gasteiger partial charge in [-0.2, -0.15) is 0 Å². The van der Waals surface area contributed by atoms with Crippen molar-refractivity contribution in [1.29, 1.82) is 0 Å². The molecule has 0 unspecified atom stereocenters. The first-order chi connectivity index (χ1) is 13.2. The van der Waals surface area contributed by atoms with Crippen molar-refractivity contribution in [3.8, 4) is 0 Å². The highest BCUT2D eigenvalue weighted by atomic mass is 35.5. The van der Waals surface area contributed by atoms with Gasteiger partial charge in [-0.05, 0) is 56.3 Å². The number of hydrogen-bond acceptors (Lipinski definition) is 6. The number of benzene rings is 1. The topological polar surface area (TPSA) is 49.0 Å². The summed E-state index contributed by atoms with van der Waals surface area (Å²) in [6.45, 7) is 1.84. The van der Waals surface area contributed by atoms with Gasteiger partial charge in [-0.1, -0.05) is 30.9 Å². The van der Waals surface area contributed by atoms with E-state index in [1.54, 1.807) is 12.3 Å². The van der Waals surface area contributed by atoms with Crippen LogP contribution in [0.4, 0.5) is 15.2 Å². The lowest BCUT2D eigenvalue weighted by Crippen LogP contribution is -2.31. The molecule has 1 fully saturated rings. The van der Waals surface area contributed by atoms with E-state index in [4.69, 9.17) is 11.6 Å². The van der Waals surface area contributed by atoms with Gasteiger partial charge in [0.2, 0.25) is 0 Å². The summed E-state index contributed by atoms with van der Waals surface area (Å²) in [4.78, 5) is 4.57. The Balaban J connectivity index is 1.37. The molecule has 0 amide bonds. The van der Waals surface area contributed by atoms with Gasteiger partial charge in [0, 0.05) is 24.2 Å². The normalized spacial score (nSPS) is 15.0. The van der Waals surface area contributed by atoms with Crippen LogP contribution in [0.1, 0.15) is 44.9 Å². The zero-order chi connectivity index (χ0) is 18.9. The van der Waals surface area contributed by atoms with E-state index in [9.17, 15) is 4.39 Å². The van der Waals surface area contributed by atoms with Crippen molar-refractivity contribution in [2.75, 3.05) is 23.1 Å². The minimum Gasteiger partial charge on any atom is -0.384 e. The molecule has 3 rings (SSSR count). The number of aromatic nitrogens is 1. The van der Waals surface area contributed by atoms with Gasteiger partial charge in [0.15, 0.2) is 5.13 Å². The minimum absolute atomic E-state index is 0.296. The lowest BCUT2D eigenvalue weighted by Gasteiger charge is -2.22. The van der Waals surface area contributed by atoms with Crippen molar-refractivity contribution in [3.63, 3.8) is 0 Å². The van der Waals surface area contributed by atoms with Crippen LogP contribution in [0.5, 0.6) is 0 Å². The molecule has 1 aromatic carbocycles. The van der Waals surface area contributed by atoms with Gasteiger partial charge < -0.3 is 15.4 Å². The van der Waals surface area contributed by atoms with E-state index in [0.29, 0.717) is 21.6 Å². The summed E-state index contributed by atoms with van der Waals surface area (Å²) in [7, 11) is 0. The van der Waals surface area contributed by atoms with E-state index in [1.807, 2.05) is 5.38 Å². The fourth-order valence-corrected chi connectivity index (χ4v) is 4.77. The molecule has 0 aliphatic heterocycles.